The van der Waals surface area contributed by atoms with Gasteiger partial charge in [-0.05, 0) is 38.8 Å². The molecule has 0 aromatic carbocycles. The van der Waals surface area contributed by atoms with Crippen molar-refractivity contribution in [2.75, 3.05) is 13.1 Å². The Morgan fingerprint density at radius 1 is 1.50 bits per heavy atom. The van der Waals surface area contributed by atoms with E-state index < -0.39 is 0 Å². The molecule has 82 valence electrons. The zero-order valence-electron chi connectivity index (χ0n) is 9.47. The summed E-state index contributed by atoms with van der Waals surface area (Å²) < 4.78 is 0. The van der Waals surface area contributed by atoms with Crippen LogP contribution in [0.2, 0.25) is 0 Å². The Bertz CT molecular complexity index is 197. The molecular formula is C11H22N2O. The Morgan fingerprint density at radius 3 is 2.64 bits per heavy atom. The van der Waals surface area contributed by atoms with Crippen molar-refractivity contribution in [3.05, 3.63) is 11.6 Å². The van der Waals surface area contributed by atoms with Crippen molar-refractivity contribution >= 4 is 5.91 Å². The van der Waals surface area contributed by atoms with Crippen LogP contribution in [0.3, 0.4) is 0 Å². The maximum Gasteiger partial charge on any atom is 0.244 e. The summed E-state index contributed by atoms with van der Waals surface area (Å²) in [6.07, 6.45) is 3.87. The first-order valence-electron chi connectivity index (χ1n) is 5.21. The molecule has 0 heterocycles. The number of carbonyl (C=O) groups excluding carboxylic acids is 1. The van der Waals surface area contributed by atoms with E-state index in [9.17, 15) is 4.79 Å². The topological polar surface area (TPSA) is 55.1 Å². The Hall–Kier alpha value is -0.830. The van der Waals surface area contributed by atoms with Gasteiger partial charge < -0.3 is 11.1 Å². The number of unbranched alkanes of at least 4 members (excludes halogenated alkanes) is 1. The fourth-order valence-electron chi connectivity index (χ4n) is 1.04. The first-order chi connectivity index (χ1) is 6.54. The third-order valence-corrected chi connectivity index (χ3v) is 1.95. The highest BCUT2D eigenvalue weighted by atomic mass is 16.1. The van der Waals surface area contributed by atoms with Crippen molar-refractivity contribution in [3.63, 3.8) is 0 Å². The van der Waals surface area contributed by atoms with E-state index in [2.05, 4.69) is 19.2 Å². The first kappa shape index (κ1) is 13.2. The molecule has 3 nitrogen and oxygen atoms in total. The van der Waals surface area contributed by atoms with Gasteiger partial charge in [0.1, 0.15) is 0 Å². The van der Waals surface area contributed by atoms with Crippen LogP contribution in [0.4, 0.5) is 0 Å². The predicted molar refractivity (Wildman–Crippen MR) is 59.9 cm³/mol. The molecule has 0 aliphatic carbocycles. The van der Waals surface area contributed by atoms with Crippen LogP contribution in [0.15, 0.2) is 11.6 Å². The van der Waals surface area contributed by atoms with Gasteiger partial charge in [-0.15, -0.1) is 0 Å². The minimum absolute atomic E-state index is 0.319. The normalized spacial score (nSPS) is 12.1. The molecule has 0 aliphatic heterocycles. The molecule has 0 saturated carbocycles. The number of nitrogens with one attached hydrogen (secondary N) is 1. The van der Waals surface area contributed by atoms with Crippen LogP contribution >= 0.6 is 0 Å². The average Bonchev–Trinajstić information content (AvgIpc) is 2.09. The lowest BCUT2D eigenvalue weighted by molar-refractivity contribution is -0.114. The third kappa shape index (κ3) is 7.80. The summed E-state index contributed by atoms with van der Waals surface area (Å²) >= 11 is 0. The quantitative estimate of drug-likeness (QED) is 0.480. The van der Waals surface area contributed by atoms with Crippen molar-refractivity contribution in [3.8, 4) is 0 Å². The van der Waals surface area contributed by atoms with E-state index in [1.54, 1.807) is 6.92 Å². The Kier molecular flexibility index (Phi) is 7.11. The molecule has 0 saturated heterocycles. The largest absolute Gasteiger partial charge is 0.366 e. The summed E-state index contributed by atoms with van der Waals surface area (Å²) in [4.78, 5) is 10.6. The summed E-state index contributed by atoms with van der Waals surface area (Å²) in [6.45, 7) is 8.18. The first-order valence-corrected chi connectivity index (χ1v) is 5.21. The number of amides is 1. The zero-order chi connectivity index (χ0) is 11.0. The predicted octanol–water partition coefficient (Wildman–Crippen LogP) is 1.44. The molecular weight excluding hydrogens is 176 g/mol. The molecule has 0 aromatic rings. The zero-order valence-corrected chi connectivity index (χ0v) is 9.47. The number of allylic oxidation sites excluding steroid dienone is 1. The van der Waals surface area contributed by atoms with Gasteiger partial charge in [0.2, 0.25) is 5.91 Å². The van der Waals surface area contributed by atoms with E-state index in [0.29, 0.717) is 11.5 Å². The number of primary amides is 1. The van der Waals surface area contributed by atoms with Crippen molar-refractivity contribution in [1.29, 1.82) is 0 Å². The van der Waals surface area contributed by atoms with Crippen LogP contribution in [0.5, 0.6) is 0 Å². The van der Waals surface area contributed by atoms with Crippen molar-refractivity contribution in [1.82, 2.24) is 5.32 Å². The van der Waals surface area contributed by atoms with Gasteiger partial charge in [-0.3, -0.25) is 4.79 Å². The van der Waals surface area contributed by atoms with Gasteiger partial charge in [-0.1, -0.05) is 19.9 Å². The molecule has 3 heteroatoms. The Morgan fingerprint density at radius 2 is 2.14 bits per heavy atom. The molecule has 14 heavy (non-hydrogen) atoms. The number of carbonyl (C=O) groups is 1. The standard InChI is InChI=1S/C11H22N2O/c1-9(2)8-13-7-5-4-6-10(3)11(12)14/h6,9,13H,4-5,7-8H2,1-3H3,(H2,12,14). The Labute approximate surface area is 86.8 Å². The highest BCUT2D eigenvalue weighted by Crippen LogP contribution is 1.97. The number of hydrogen-bond donors (Lipinski definition) is 2. The van der Waals surface area contributed by atoms with Crippen LogP contribution in [0.25, 0.3) is 0 Å². The van der Waals surface area contributed by atoms with Gasteiger partial charge in [-0.2, -0.15) is 0 Å². The third-order valence-electron chi connectivity index (χ3n) is 1.95. The minimum Gasteiger partial charge on any atom is -0.366 e. The van der Waals surface area contributed by atoms with Crippen LogP contribution in [-0.4, -0.2) is 19.0 Å². The smallest absolute Gasteiger partial charge is 0.244 e. The molecule has 0 atom stereocenters. The van der Waals surface area contributed by atoms with Crippen LogP contribution in [-0.2, 0) is 4.79 Å². The van der Waals surface area contributed by atoms with E-state index in [1.807, 2.05) is 6.08 Å². The summed E-state index contributed by atoms with van der Waals surface area (Å²) in [5, 5.41) is 3.34. The monoisotopic (exact) mass is 198 g/mol. The average molecular weight is 198 g/mol. The number of nitrogens with two attached hydrogens (primary N) is 1. The maximum atomic E-state index is 10.6. The highest BCUT2D eigenvalue weighted by Gasteiger charge is 1.95. The second-order valence-corrected chi connectivity index (χ2v) is 3.99. The molecule has 0 aromatic heterocycles. The van der Waals surface area contributed by atoms with E-state index in [1.165, 1.54) is 0 Å². The molecule has 0 spiro atoms. The molecule has 0 aliphatic rings. The summed E-state index contributed by atoms with van der Waals surface area (Å²) in [5.74, 6) is 0.373. The van der Waals surface area contributed by atoms with Crippen LogP contribution in [0.1, 0.15) is 33.6 Å². The van der Waals surface area contributed by atoms with Gasteiger partial charge in [0.15, 0.2) is 0 Å². The fourth-order valence-corrected chi connectivity index (χ4v) is 1.04. The molecule has 1 amide bonds. The summed E-state index contributed by atoms with van der Waals surface area (Å²) in [7, 11) is 0. The van der Waals surface area contributed by atoms with Crippen molar-refractivity contribution in [2.24, 2.45) is 11.7 Å². The van der Waals surface area contributed by atoms with E-state index in [4.69, 9.17) is 5.73 Å². The van der Waals surface area contributed by atoms with Gasteiger partial charge in [0, 0.05) is 5.57 Å². The van der Waals surface area contributed by atoms with Gasteiger partial charge in [0.25, 0.3) is 0 Å². The van der Waals surface area contributed by atoms with E-state index in [-0.39, 0.29) is 5.91 Å². The highest BCUT2D eigenvalue weighted by molar-refractivity contribution is 5.91. The van der Waals surface area contributed by atoms with Gasteiger partial charge >= 0.3 is 0 Å². The van der Waals surface area contributed by atoms with E-state index >= 15 is 0 Å². The molecule has 0 bridgehead atoms. The maximum absolute atomic E-state index is 10.6. The second-order valence-electron chi connectivity index (χ2n) is 3.99. The Balaban J connectivity index is 3.38. The fraction of sp³-hybridized carbons (Fsp3) is 0.727. The molecule has 3 N–H and O–H groups in total. The summed E-state index contributed by atoms with van der Waals surface area (Å²) in [6, 6.07) is 0. The SMILES string of the molecule is CC(=CCCCNCC(C)C)C(N)=O. The van der Waals surface area contributed by atoms with Crippen molar-refractivity contribution in [2.45, 2.75) is 33.6 Å². The van der Waals surface area contributed by atoms with Crippen LogP contribution < -0.4 is 11.1 Å². The van der Waals surface area contributed by atoms with Gasteiger partial charge in [0.05, 0.1) is 0 Å². The van der Waals surface area contributed by atoms with Crippen molar-refractivity contribution < 1.29 is 4.79 Å². The lowest BCUT2D eigenvalue weighted by Gasteiger charge is -2.05. The lowest BCUT2D eigenvalue weighted by atomic mass is 10.2. The molecule has 0 rings (SSSR count). The summed E-state index contributed by atoms with van der Waals surface area (Å²) in [5.41, 5.74) is 5.75. The molecule has 0 fully saturated rings. The molecule has 0 radical (unpaired) electrons. The molecule has 0 unspecified atom stereocenters. The second kappa shape index (κ2) is 7.56. The van der Waals surface area contributed by atoms with Gasteiger partial charge in [-0.25, -0.2) is 0 Å². The number of hydrogen-bond acceptors (Lipinski definition) is 2. The van der Waals surface area contributed by atoms with Crippen LogP contribution in [0, 0.1) is 5.92 Å². The van der Waals surface area contributed by atoms with E-state index in [0.717, 1.165) is 25.9 Å². The minimum atomic E-state index is -0.319. The number of rotatable bonds is 7. The lowest BCUT2D eigenvalue weighted by Crippen LogP contribution is -2.20.